The van der Waals surface area contributed by atoms with E-state index in [2.05, 4.69) is 5.32 Å². The highest BCUT2D eigenvalue weighted by Gasteiger charge is 2.34. The van der Waals surface area contributed by atoms with Crippen molar-refractivity contribution in [1.29, 1.82) is 0 Å². The molecule has 1 saturated carbocycles. The number of hydrogen-bond donors (Lipinski definition) is 1. The molecule has 33 heavy (non-hydrogen) atoms. The van der Waals surface area contributed by atoms with E-state index in [1.54, 1.807) is 48.4 Å². The average Bonchev–Trinajstić information content (AvgIpc) is 3.54. The molecule has 4 rings (SSSR count). The molecule has 0 aliphatic heterocycles. The predicted octanol–water partition coefficient (Wildman–Crippen LogP) is 5.38. The molecule has 2 amide bonds. The van der Waals surface area contributed by atoms with Crippen molar-refractivity contribution in [2.45, 2.75) is 44.3 Å². The summed E-state index contributed by atoms with van der Waals surface area (Å²) in [6, 6.07) is 17.0. The zero-order valence-corrected chi connectivity index (χ0v) is 19.3. The van der Waals surface area contributed by atoms with E-state index in [1.807, 2.05) is 24.3 Å². The van der Waals surface area contributed by atoms with E-state index in [0.717, 1.165) is 31.2 Å². The fraction of sp³-hybridized carbons (Fsp3) is 0.308. The summed E-state index contributed by atoms with van der Waals surface area (Å²) >= 11 is 6.11. The van der Waals surface area contributed by atoms with Gasteiger partial charge in [0.05, 0.1) is 13.4 Å². The Balaban J connectivity index is 1.74. The SMILES string of the molecule is COc1cccc(CN(C(=O)c2ccco2)[C@H](C(=O)NC2CCCC2)c2ccc(Cl)cc2)c1. The lowest BCUT2D eigenvalue weighted by Gasteiger charge is -2.32. The van der Waals surface area contributed by atoms with Crippen molar-refractivity contribution in [3.05, 3.63) is 88.8 Å². The minimum atomic E-state index is -0.855. The van der Waals surface area contributed by atoms with Gasteiger partial charge >= 0.3 is 0 Å². The number of furan rings is 1. The van der Waals surface area contributed by atoms with Crippen LogP contribution in [0.5, 0.6) is 5.75 Å². The first-order valence-electron chi connectivity index (χ1n) is 11.1. The number of benzene rings is 2. The van der Waals surface area contributed by atoms with Gasteiger partial charge in [0, 0.05) is 17.6 Å². The molecule has 1 aliphatic carbocycles. The maximum absolute atomic E-state index is 13.6. The number of methoxy groups -OCH3 is 1. The molecule has 1 aliphatic rings. The van der Waals surface area contributed by atoms with Crippen molar-refractivity contribution < 1.29 is 18.7 Å². The minimum Gasteiger partial charge on any atom is -0.497 e. The normalized spacial score (nSPS) is 14.6. The average molecular weight is 467 g/mol. The van der Waals surface area contributed by atoms with Crippen LogP contribution < -0.4 is 10.1 Å². The van der Waals surface area contributed by atoms with E-state index >= 15 is 0 Å². The molecule has 1 N–H and O–H groups in total. The third-order valence-corrected chi connectivity index (χ3v) is 6.18. The molecule has 0 radical (unpaired) electrons. The maximum Gasteiger partial charge on any atom is 0.290 e. The van der Waals surface area contributed by atoms with E-state index in [0.29, 0.717) is 16.3 Å². The maximum atomic E-state index is 13.6. The largest absolute Gasteiger partial charge is 0.497 e. The van der Waals surface area contributed by atoms with E-state index in [-0.39, 0.29) is 30.2 Å². The van der Waals surface area contributed by atoms with Crippen molar-refractivity contribution in [3.63, 3.8) is 0 Å². The van der Waals surface area contributed by atoms with Gasteiger partial charge in [-0.2, -0.15) is 0 Å². The fourth-order valence-corrected chi connectivity index (χ4v) is 4.38. The van der Waals surface area contributed by atoms with Gasteiger partial charge in [0.2, 0.25) is 5.91 Å². The van der Waals surface area contributed by atoms with Gasteiger partial charge in [0.1, 0.15) is 11.8 Å². The summed E-state index contributed by atoms with van der Waals surface area (Å²) in [5, 5.41) is 3.72. The van der Waals surface area contributed by atoms with Crippen LogP contribution >= 0.6 is 11.6 Å². The topological polar surface area (TPSA) is 71.8 Å². The molecule has 0 spiro atoms. The Bertz CT molecular complexity index is 1080. The zero-order valence-electron chi connectivity index (χ0n) is 18.5. The van der Waals surface area contributed by atoms with E-state index in [4.69, 9.17) is 20.8 Å². The number of carbonyl (C=O) groups is 2. The molecule has 3 aromatic rings. The summed E-state index contributed by atoms with van der Waals surface area (Å²) in [5.41, 5.74) is 1.51. The predicted molar refractivity (Wildman–Crippen MR) is 126 cm³/mol. The summed E-state index contributed by atoms with van der Waals surface area (Å²) in [6.07, 6.45) is 5.53. The molecule has 0 bridgehead atoms. The van der Waals surface area contributed by atoms with Gasteiger partial charge in [-0.3, -0.25) is 9.59 Å². The molecule has 0 unspecified atom stereocenters. The van der Waals surface area contributed by atoms with Crippen molar-refractivity contribution >= 4 is 23.4 Å². The summed E-state index contributed by atoms with van der Waals surface area (Å²) in [6.45, 7) is 0.197. The van der Waals surface area contributed by atoms with Crippen LogP contribution in [0.1, 0.15) is 53.4 Å². The zero-order chi connectivity index (χ0) is 23.2. The second-order valence-corrected chi connectivity index (χ2v) is 8.64. The van der Waals surface area contributed by atoms with Crippen LogP contribution in [0.3, 0.4) is 0 Å². The van der Waals surface area contributed by atoms with Crippen LogP contribution in [-0.2, 0) is 11.3 Å². The number of ether oxygens (including phenoxy) is 1. The molecule has 1 atom stereocenters. The molecular weight excluding hydrogens is 440 g/mol. The number of halogens is 1. The van der Waals surface area contributed by atoms with Crippen LogP contribution in [0.25, 0.3) is 0 Å². The first-order chi connectivity index (χ1) is 16.0. The monoisotopic (exact) mass is 466 g/mol. The van der Waals surface area contributed by atoms with Crippen LogP contribution in [0.2, 0.25) is 5.02 Å². The summed E-state index contributed by atoms with van der Waals surface area (Å²) in [7, 11) is 1.59. The lowest BCUT2D eigenvalue weighted by Crippen LogP contribution is -2.45. The van der Waals surface area contributed by atoms with Gasteiger partial charge in [-0.05, 0) is 60.4 Å². The summed E-state index contributed by atoms with van der Waals surface area (Å²) in [5.74, 6) is 0.262. The fourth-order valence-electron chi connectivity index (χ4n) is 4.26. The van der Waals surface area contributed by atoms with E-state index in [1.165, 1.54) is 6.26 Å². The Morgan fingerprint density at radius 1 is 1.12 bits per heavy atom. The van der Waals surface area contributed by atoms with Gasteiger partial charge in [-0.25, -0.2) is 0 Å². The second kappa shape index (κ2) is 10.6. The molecule has 0 saturated heterocycles. The Morgan fingerprint density at radius 3 is 2.55 bits per heavy atom. The van der Waals surface area contributed by atoms with Crippen molar-refractivity contribution in [2.75, 3.05) is 7.11 Å². The highest BCUT2D eigenvalue weighted by molar-refractivity contribution is 6.30. The molecule has 6 nitrogen and oxygen atoms in total. The molecule has 2 aromatic carbocycles. The lowest BCUT2D eigenvalue weighted by atomic mass is 10.0. The van der Waals surface area contributed by atoms with E-state index < -0.39 is 6.04 Å². The van der Waals surface area contributed by atoms with Crippen LogP contribution in [0.15, 0.2) is 71.3 Å². The molecule has 1 aromatic heterocycles. The Hall–Kier alpha value is -3.25. The number of hydrogen-bond acceptors (Lipinski definition) is 4. The van der Waals surface area contributed by atoms with Gasteiger partial charge in [0.15, 0.2) is 5.76 Å². The third kappa shape index (κ3) is 5.57. The number of nitrogens with zero attached hydrogens (tertiary/aromatic N) is 1. The summed E-state index contributed by atoms with van der Waals surface area (Å²) < 4.78 is 10.8. The first kappa shape index (κ1) is 22.9. The third-order valence-electron chi connectivity index (χ3n) is 5.93. The van der Waals surface area contributed by atoms with Crippen molar-refractivity contribution in [1.82, 2.24) is 10.2 Å². The first-order valence-corrected chi connectivity index (χ1v) is 11.5. The number of nitrogens with one attached hydrogen (secondary N) is 1. The highest BCUT2D eigenvalue weighted by Crippen LogP contribution is 2.29. The number of rotatable bonds is 8. The minimum absolute atomic E-state index is 0.115. The highest BCUT2D eigenvalue weighted by atomic mass is 35.5. The molecular formula is C26H27ClN2O4. The van der Waals surface area contributed by atoms with Crippen LogP contribution in [-0.4, -0.2) is 29.9 Å². The van der Waals surface area contributed by atoms with Gasteiger partial charge in [-0.1, -0.05) is 48.7 Å². The van der Waals surface area contributed by atoms with Crippen molar-refractivity contribution in [3.8, 4) is 5.75 Å². The standard InChI is InChI=1S/C26H27ClN2O4/c1-32-22-9-4-6-18(16-22)17-29(26(31)23-10-5-15-33-23)24(19-11-13-20(27)14-12-19)25(30)28-21-7-2-3-8-21/h4-6,9-16,21,24H,2-3,7-8,17H2,1H3,(H,28,30)/t24-/m0/s1. The van der Waals surface area contributed by atoms with Gasteiger partial charge < -0.3 is 19.4 Å². The Kier molecular flexibility index (Phi) is 7.35. The summed E-state index contributed by atoms with van der Waals surface area (Å²) in [4.78, 5) is 28.7. The van der Waals surface area contributed by atoms with Crippen molar-refractivity contribution in [2.24, 2.45) is 0 Å². The van der Waals surface area contributed by atoms with Crippen LogP contribution in [0, 0.1) is 0 Å². The second-order valence-electron chi connectivity index (χ2n) is 8.21. The van der Waals surface area contributed by atoms with E-state index in [9.17, 15) is 9.59 Å². The van der Waals surface area contributed by atoms with Gasteiger partial charge in [-0.15, -0.1) is 0 Å². The Labute approximate surface area is 198 Å². The molecule has 1 fully saturated rings. The lowest BCUT2D eigenvalue weighted by molar-refractivity contribution is -0.126. The van der Waals surface area contributed by atoms with Gasteiger partial charge in [0.25, 0.3) is 5.91 Å². The number of carbonyl (C=O) groups excluding carboxylic acids is 2. The molecule has 7 heteroatoms. The Morgan fingerprint density at radius 2 is 1.88 bits per heavy atom. The quantitative estimate of drug-likeness (QED) is 0.483. The number of amides is 2. The van der Waals surface area contributed by atoms with Crippen LogP contribution in [0.4, 0.5) is 0 Å². The smallest absolute Gasteiger partial charge is 0.290 e. The molecule has 172 valence electrons. The molecule has 1 heterocycles.